The van der Waals surface area contributed by atoms with E-state index in [9.17, 15) is 5.11 Å². The van der Waals surface area contributed by atoms with Crippen molar-refractivity contribution < 1.29 is 14.3 Å². The molecule has 20 heavy (non-hydrogen) atoms. The monoisotopic (exact) mass is 288 g/mol. The fraction of sp³-hybridized carbons (Fsp3) is 0.125. The van der Waals surface area contributed by atoms with Crippen LogP contribution in [-0.4, -0.2) is 12.2 Å². The molecule has 0 aliphatic rings. The van der Waals surface area contributed by atoms with Gasteiger partial charge in [-0.2, -0.15) is 0 Å². The molecule has 3 aromatic rings. The molecular formula is C16H13ClO3. The van der Waals surface area contributed by atoms with Gasteiger partial charge in [-0.05, 0) is 18.2 Å². The molecule has 0 saturated carbocycles. The Labute approximate surface area is 121 Å². The molecule has 0 unspecified atom stereocenters. The molecule has 4 heteroatoms. The Balaban J connectivity index is 2.09. The minimum Gasteiger partial charge on any atom is -0.493 e. The third-order valence-electron chi connectivity index (χ3n) is 3.22. The van der Waals surface area contributed by atoms with E-state index >= 15 is 0 Å². The fourth-order valence-electron chi connectivity index (χ4n) is 2.20. The van der Waals surface area contributed by atoms with E-state index in [4.69, 9.17) is 20.8 Å². The van der Waals surface area contributed by atoms with Gasteiger partial charge in [-0.25, -0.2) is 0 Å². The van der Waals surface area contributed by atoms with Gasteiger partial charge in [0.2, 0.25) is 0 Å². The Morgan fingerprint density at radius 2 is 1.95 bits per heavy atom. The molecule has 0 radical (unpaired) electrons. The average molecular weight is 289 g/mol. The minimum absolute atomic E-state index is 0.442. The maximum atomic E-state index is 10.4. The average Bonchev–Trinajstić information content (AvgIpc) is 2.91. The normalized spacial score (nSPS) is 12.6. The SMILES string of the molecule is COc1cccc2cc([C@H](O)c3ccccc3Cl)oc12. The highest BCUT2D eigenvalue weighted by atomic mass is 35.5. The van der Waals surface area contributed by atoms with E-state index in [0.717, 1.165) is 5.39 Å². The van der Waals surface area contributed by atoms with Crippen LogP contribution < -0.4 is 4.74 Å². The van der Waals surface area contributed by atoms with Crippen molar-refractivity contribution in [1.29, 1.82) is 0 Å². The van der Waals surface area contributed by atoms with Crippen molar-refractivity contribution in [2.24, 2.45) is 0 Å². The van der Waals surface area contributed by atoms with E-state index < -0.39 is 6.10 Å². The first-order chi connectivity index (χ1) is 9.70. The molecule has 3 nitrogen and oxygen atoms in total. The van der Waals surface area contributed by atoms with Crippen LogP contribution in [0, 0.1) is 0 Å². The highest BCUT2D eigenvalue weighted by Crippen LogP contribution is 2.34. The van der Waals surface area contributed by atoms with Crippen molar-refractivity contribution >= 4 is 22.6 Å². The number of benzene rings is 2. The molecule has 0 bridgehead atoms. The molecule has 3 rings (SSSR count). The van der Waals surface area contributed by atoms with E-state index in [0.29, 0.717) is 27.7 Å². The second-order valence-corrected chi connectivity index (χ2v) is 4.86. The van der Waals surface area contributed by atoms with E-state index in [2.05, 4.69) is 0 Å². The molecule has 0 spiro atoms. The summed E-state index contributed by atoms with van der Waals surface area (Å²) in [6.07, 6.45) is -0.902. The third-order valence-corrected chi connectivity index (χ3v) is 3.56. The number of furan rings is 1. The minimum atomic E-state index is -0.902. The molecule has 2 aromatic carbocycles. The largest absolute Gasteiger partial charge is 0.493 e. The van der Waals surface area contributed by atoms with Gasteiger partial charge in [0.1, 0.15) is 11.9 Å². The van der Waals surface area contributed by atoms with Gasteiger partial charge in [-0.1, -0.05) is 41.9 Å². The lowest BCUT2D eigenvalue weighted by molar-refractivity contribution is 0.192. The number of fused-ring (bicyclic) bond motifs is 1. The Bertz CT molecular complexity index is 748. The highest BCUT2D eigenvalue weighted by molar-refractivity contribution is 6.31. The maximum Gasteiger partial charge on any atom is 0.176 e. The number of halogens is 1. The van der Waals surface area contributed by atoms with E-state index in [1.54, 1.807) is 25.3 Å². The van der Waals surface area contributed by atoms with E-state index in [-0.39, 0.29) is 0 Å². The van der Waals surface area contributed by atoms with Crippen LogP contribution >= 0.6 is 11.6 Å². The predicted molar refractivity (Wildman–Crippen MR) is 78.3 cm³/mol. The van der Waals surface area contributed by atoms with Crippen LogP contribution in [0.25, 0.3) is 11.0 Å². The molecule has 0 aliphatic heterocycles. The van der Waals surface area contributed by atoms with Gasteiger partial charge in [-0.3, -0.25) is 0 Å². The molecule has 0 amide bonds. The lowest BCUT2D eigenvalue weighted by atomic mass is 10.1. The van der Waals surface area contributed by atoms with Crippen molar-refractivity contribution in [2.75, 3.05) is 7.11 Å². The van der Waals surface area contributed by atoms with Crippen LogP contribution in [0.5, 0.6) is 5.75 Å². The van der Waals surface area contributed by atoms with E-state index in [1.165, 1.54) is 0 Å². The van der Waals surface area contributed by atoms with Gasteiger partial charge < -0.3 is 14.3 Å². The molecule has 1 N–H and O–H groups in total. The number of rotatable bonds is 3. The highest BCUT2D eigenvalue weighted by Gasteiger charge is 2.19. The molecule has 0 aliphatic carbocycles. The van der Waals surface area contributed by atoms with Crippen LogP contribution in [0.1, 0.15) is 17.4 Å². The first-order valence-corrected chi connectivity index (χ1v) is 6.57. The Hall–Kier alpha value is -1.97. The van der Waals surface area contributed by atoms with Gasteiger partial charge in [0, 0.05) is 16.0 Å². The summed E-state index contributed by atoms with van der Waals surface area (Å²) in [4.78, 5) is 0. The second kappa shape index (κ2) is 5.19. The van der Waals surface area contributed by atoms with Crippen molar-refractivity contribution in [3.05, 3.63) is 64.9 Å². The summed E-state index contributed by atoms with van der Waals surface area (Å²) in [6.45, 7) is 0. The first-order valence-electron chi connectivity index (χ1n) is 6.19. The topological polar surface area (TPSA) is 42.6 Å². The summed E-state index contributed by atoms with van der Waals surface area (Å²) < 4.78 is 11.0. The second-order valence-electron chi connectivity index (χ2n) is 4.45. The fourth-order valence-corrected chi connectivity index (χ4v) is 2.44. The molecule has 1 heterocycles. The number of methoxy groups -OCH3 is 1. The summed E-state index contributed by atoms with van der Waals surface area (Å²) in [5.74, 6) is 1.08. The summed E-state index contributed by atoms with van der Waals surface area (Å²) >= 11 is 6.10. The number of aliphatic hydroxyl groups is 1. The maximum absolute atomic E-state index is 10.4. The van der Waals surface area contributed by atoms with Crippen molar-refractivity contribution in [3.63, 3.8) is 0 Å². The van der Waals surface area contributed by atoms with Crippen LogP contribution in [0.3, 0.4) is 0 Å². The summed E-state index contributed by atoms with van der Waals surface area (Å²) in [7, 11) is 1.58. The summed E-state index contributed by atoms with van der Waals surface area (Å²) in [6, 6.07) is 14.6. The third kappa shape index (κ3) is 2.15. The number of ether oxygens (including phenoxy) is 1. The Morgan fingerprint density at radius 3 is 2.70 bits per heavy atom. The Morgan fingerprint density at radius 1 is 1.15 bits per heavy atom. The first kappa shape index (κ1) is 13.0. The lowest BCUT2D eigenvalue weighted by Gasteiger charge is -2.09. The molecule has 1 aromatic heterocycles. The molecule has 102 valence electrons. The van der Waals surface area contributed by atoms with Crippen LogP contribution in [-0.2, 0) is 0 Å². The van der Waals surface area contributed by atoms with Gasteiger partial charge >= 0.3 is 0 Å². The van der Waals surface area contributed by atoms with Gasteiger partial charge in [0.25, 0.3) is 0 Å². The van der Waals surface area contributed by atoms with Crippen molar-refractivity contribution in [2.45, 2.75) is 6.10 Å². The van der Waals surface area contributed by atoms with E-state index in [1.807, 2.05) is 30.3 Å². The molecule has 0 saturated heterocycles. The number of hydrogen-bond donors (Lipinski definition) is 1. The molecule has 0 fully saturated rings. The lowest BCUT2D eigenvalue weighted by Crippen LogP contribution is -1.98. The zero-order valence-electron chi connectivity index (χ0n) is 10.8. The zero-order chi connectivity index (χ0) is 14.1. The quantitative estimate of drug-likeness (QED) is 0.786. The number of para-hydroxylation sites is 1. The van der Waals surface area contributed by atoms with Crippen LogP contribution in [0.15, 0.2) is 52.9 Å². The van der Waals surface area contributed by atoms with Crippen LogP contribution in [0.4, 0.5) is 0 Å². The van der Waals surface area contributed by atoms with Gasteiger partial charge in [0.05, 0.1) is 7.11 Å². The predicted octanol–water partition coefficient (Wildman–Crippen LogP) is 4.18. The summed E-state index contributed by atoms with van der Waals surface area (Å²) in [5.41, 5.74) is 1.24. The van der Waals surface area contributed by atoms with Crippen molar-refractivity contribution in [3.8, 4) is 5.75 Å². The number of hydrogen-bond acceptors (Lipinski definition) is 3. The summed E-state index contributed by atoms with van der Waals surface area (Å²) in [5, 5.41) is 11.8. The Kier molecular flexibility index (Phi) is 3.38. The number of aliphatic hydroxyl groups excluding tert-OH is 1. The zero-order valence-corrected chi connectivity index (χ0v) is 11.6. The molecular weight excluding hydrogens is 276 g/mol. The molecule has 1 atom stereocenters. The standard InChI is InChI=1S/C16H13ClO3/c1-19-13-8-4-5-10-9-14(20-16(10)13)15(18)11-6-2-3-7-12(11)17/h2-9,15,18H,1H3/t15-/m1/s1. The smallest absolute Gasteiger partial charge is 0.176 e. The van der Waals surface area contributed by atoms with Gasteiger partial charge in [0.15, 0.2) is 11.3 Å². The van der Waals surface area contributed by atoms with Crippen LogP contribution in [0.2, 0.25) is 5.02 Å². The van der Waals surface area contributed by atoms with Gasteiger partial charge in [-0.15, -0.1) is 0 Å². The van der Waals surface area contributed by atoms with Crippen molar-refractivity contribution in [1.82, 2.24) is 0 Å².